The number of carbonyl (C=O) groups excluding carboxylic acids is 1. The molecular formula is C18H17N3O3S. The van der Waals surface area contributed by atoms with Gasteiger partial charge in [0.2, 0.25) is 5.13 Å². The van der Waals surface area contributed by atoms with Crippen LogP contribution in [0.15, 0.2) is 48.5 Å². The third-order valence-electron chi connectivity index (χ3n) is 3.42. The largest absolute Gasteiger partial charge is 0.496 e. The van der Waals surface area contributed by atoms with Crippen LogP contribution in [0.5, 0.6) is 11.5 Å². The number of anilines is 1. The van der Waals surface area contributed by atoms with Gasteiger partial charge in [-0.15, -0.1) is 10.2 Å². The van der Waals surface area contributed by atoms with Crippen molar-refractivity contribution in [3.05, 3.63) is 64.7 Å². The Bertz CT molecular complexity index is 862. The Labute approximate surface area is 149 Å². The topological polar surface area (TPSA) is 73.3 Å². The average molecular weight is 355 g/mol. The van der Waals surface area contributed by atoms with E-state index in [0.29, 0.717) is 28.1 Å². The molecule has 6 nitrogen and oxygen atoms in total. The molecule has 25 heavy (non-hydrogen) atoms. The molecule has 0 radical (unpaired) electrons. The third-order valence-corrected chi connectivity index (χ3v) is 4.23. The summed E-state index contributed by atoms with van der Waals surface area (Å²) in [7, 11) is 1.53. The van der Waals surface area contributed by atoms with Crippen molar-refractivity contribution in [2.45, 2.75) is 13.5 Å². The zero-order chi connectivity index (χ0) is 17.6. The lowest BCUT2D eigenvalue weighted by Gasteiger charge is -2.06. The van der Waals surface area contributed by atoms with Crippen molar-refractivity contribution < 1.29 is 14.3 Å². The Balaban J connectivity index is 1.61. The highest BCUT2D eigenvalue weighted by Crippen LogP contribution is 2.22. The predicted molar refractivity (Wildman–Crippen MR) is 96.4 cm³/mol. The zero-order valence-corrected chi connectivity index (χ0v) is 14.7. The molecule has 128 valence electrons. The van der Waals surface area contributed by atoms with Gasteiger partial charge in [-0.1, -0.05) is 41.2 Å². The molecule has 1 N–H and O–H groups in total. The van der Waals surface area contributed by atoms with Crippen LogP contribution in [0.25, 0.3) is 0 Å². The lowest BCUT2D eigenvalue weighted by atomic mass is 10.2. The Morgan fingerprint density at radius 3 is 2.64 bits per heavy atom. The van der Waals surface area contributed by atoms with Gasteiger partial charge in [0.05, 0.1) is 12.7 Å². The molecule has 0 aliphatic rings. The number of benzene rings is 2. The number of para-hydroxylation sites is 1. The summed E-state index contributed by atoms with van der Waals surface area (Å²) >= 11 is 1.27. The number of amides is 1. The summed E-state index contributed by atoms with van der Waals surface area (Å²) in [6, 6.07) is 14.8. The summed E-state index contributed by atoms with van der Waals surface area (Å²) in [4.78, 5) is 12.3. The van der Waals surface area contributed by atoms with Crippen molar-refractivity contribution >= 4 is 22.4 Å². The first-order chi connectivity index (χ1) is 12.2. The molecule has 0 atom stereocenters. The van der Waals surface area contributed by atoms with Crippen LogP contribution in [0.2, 0.25) is 0 Å². The van der Waals surface area contributed by atoms with E-state index in [2.05, 4.69) is 15.5 Å². The Kier molecular flexibility index (Phi) is 5.25. The van der Waals surface area contributed by atoms with E-state index >= 15 is 0 Å². The molecule has 1 aromatic heterocycles. The number of hydrogen-bond donors (Lipinski definition) is 1. The van der Waals surface area contributed by atoms with E-state index in [1.54, 1.807) is 24.3 Å². The van der Waals surface area contributed by atoms with Crippen molar-refractivity contribution in [3.63, 3.8) is 0 Å². The standard InChI is InChI=1S/C18H17N3O3S/c1-12-7-9-13(10-8-12)24-11-16-20-21-18(25-16)19-17(22)14-5-3-4-6-15(14)23-2/h3-10H,11H2,1-2H3,(H,19,21,22). The van der Waals surface area contributed by atoms with E-state index in [4.69, 9.17) is 9.47 Å². The van der Waals surface area contributed by atoms with Crippen LogP contribution in [-0.2, 0) is 6.61 Å². The van der Waals surface area contributed by atoms with Crippen LogP contribution in [0.4, 0.5) is 5.13 Å². The minimum Gasteiger partial charge on any atom is -0.496 e. The number of hydrogen-bond acceptors (Lipinski definition) is 6. The fourth-order valence-electron chi connectivity index (χ4n) is 2.14. The fourth-order valence-corrected chi connectivity index (χ4v) is 2.79. The molecule has 0 spiro atoms. The average Bonchev–Trinajstić information content (AvgIpc) is 3.08. The van der Waals surface area contributed by atoms with Gasteiger partial charge < -0.3 is 9.47 Å². The van der Waals surface area contributed by atoms with Gasteiger partial charge in [-0.2, -0.15) is 0 Å². The minimum absolute atomic E-state index is 0.292. The second-order valence-corrected chi connectivity index (χ2v) is 6.32. The smallest absolute Gasteiger partial charge is 0.261 e. The number of rotatable bonds is 6. The van der Waals surface area contributed by atoms with Gasteiger partial charge >= 0.3 is 0 Å². The van der Waals surface area contributed by atoms with E-state index in [1.165, 1.54) is 24.0 Å². The molecular weight excluding hydrogens is 338 g/mol. The molecule has 0 saturated carbocycles. The molecule has 0 aliphatic heterocycles. The SMILES string of the molecule is COc1ccccc1C(=O)Nc1nnc(COc2ccc(C)cc2)s1. The van der Waals surface area contributed by atoms with Crippen molar-refractivity contribution in [1.29, 1.82) is 0 Å². The third kappa shape index (κ3) is 4.33. The molecule has 0 fully saturated rings. The lowest BCUT2D eigenvalue weighted by molar-refractivity contribution is 0.102. The van der Waals surface area contributed by atoms with Gasteiger partial charge in [0, 0.05) is 0 Å². The molecule has 0 aliphatic carbocycles. The van der Waals surface area contributed by atoms with E-state index in [1.807, 2.05) is 31.2 Å². The number of ether oxygens (including phenoxy) is 2. The zero-order valence-electron chi connectivity index (χ0n) is 13.9. The molecule has 3 rings (SSSR count). The number of aryl methyl sites for hydroxylation is 1. The fraction of sp³-hybridized carbons (Fsp3) is 0.167. The van der Waals surface area contributed by atoms with Crippen LogP contribution in [0, 0.1) is 6.92 Å². The number of nitrogens with one attached hydrogen (secondary N) is 1. The van der Waals surface area contributed by atoms with Crippen molar-refractivity contribution in [2.75, 3.05) is 12.4 Å². The Morgan fingerprint density at radius 1 is 1.12 bits per heavy atom. The van der Waals surface area contributed by atoms with Gasteiger partial charge in [-0.25, -0.2) is 0 Å². The summed E-state index contributed by atoms with van der Waals surface area (Å²) in [6.07, 6.45) is 0. The number of methoxy groups -OCH3 is 1. The molecule has 0 unspecified atom stereocenters. The van der Waals surface area contributed by atoms with Gasteiger partial charge in [0.25, 0.3) is 5.91 Å². The normalized spacial score (nSPS) is 10.3. The summed E-state index contributed by atoms with van der Waals surface area (Å²) in [5, 5.41) is 11.8. The molecule has 3 aromatic rings. The maximum atomic E-state index is 12.3. The number of aromatic nitrogens is 2. The summed E-state index contributed by atoms with van der Waals surface area (Å²) in [6.45, 7) is 2.32. The quantitative estimate of drug-likeness (QED) is 0.730. The highest BCUT2D eigenvalue weighted by Gasteiger charge is 2.14. The van der Waals surface area contributed by atoms with E-state index in [0.717, 1.165) is 5.75 Å². The van der Waals surface area contributed by atoms with Crippen molar-refractivity contribution in [1.82, 2.24) is 10.2 Å². The first-order valence-corrected chi connectivity index (χ1v) is 8.43. The molecule has 1 amide bonds. The van der Waals surface area contributed by atoms with Crippen LogP contribution >= 0.6 is 11.3 Å². The monoisotopic (exact) mass is 355 g/mol. The van der Waals surface area contributed by atoms with Gasteiger partial charge in [0.1, 0.15) is 18.1 Å². The van der Waals surface area contributed by atoms with Crippen molar-refractivity contribution in [2.24, 2.45) is 0 Å². The summed E-state index contributed by atoms with van der Waals surface area (Å²) in [5.41, 5.74) is 1.61. The van der Waals surface area contributed by atoms with Gasteiger partial charge in [-0.05, 0) is 31.2 Å². The maximum absolute atomic E-state index is 12.3. The van der Waals surface area contributed by atoms with E-state index < -0.39 is 0 Å². The molecule has 1 heterocycles. The second-order valence-electron chi connectivity index (χ2n) is 5.26. The lowest BCUT2D eigenvalue weighted by Crippen LogP contribution is -2.12. The minimum atomic E-state index is -0.292. The second kappa shape index (κ2) is 7.76. The predicted octanol–water partition coefficient (Wildman–Crippen LogP) is 3.69. The molecule has 2 aromatic carbocycles. The Morgan fingerprint density at radius 2 is 1.88 bits per heavy atom. The first-order valence-electron chi connectivity index (χ1n) is 7.62. The van der Waals surface area contributed by atoms with E-state index in [9.17, 15) is 4.79 Å². The van der Waals surface area contributed by atoms with Gasteiger partial charge in [0.15, 0.2) is 5.01 Å². The first kappa shape index (κ1) is 16.9. The molecule has 0 saturated heterocycles. The van der Waals surface area contributed by atoms with Crippen molar-refractivity contribution in [3.8, 4) is 11.5 Å². The van der Waals surface area contributed by atoms with Crippen LogP contribution in [0.1, 0.15) is 20.9 Å². The Hall–Kier alpha value is -2.93. The maximum Gasteiger partial charge on any atom is 0.261 e. The van der Waals surface area contributed by atoms with Crippen LogP contribution < -0.4 is 14.8 Å². The summed E-state index contributed by atoms with van der Waals surface area (Å²) < 4.78 is 10.9. The highest BCUT2D eigenvalue weighted by atomic mass is 32.1. The summed E-state index contributed by atoms with van der Waals surface area (Å²) in [5.74, 6) is 0.979. The van der Waals surface area contributed by atoms with E-state index in [-0.39, 0.29) is 5.91 Å². The number of nitrogens with zero attached hydrogens (tertiary/aromatic N) is 2. The molecule has 7 heteroatoms. The number of carbonyl (C=O) groups is 1. The molecule has 0 bridgehead atoms. The highest BCUT2D eigenvalue weighted by molar-refractivity contribution is 7.15. The van der Waals surface area contributed by atoms with Crippen LogP contribution in [-0.4, -0.2) is 23.2 Å². The van der Waals surface area contributed by atoms with Crippen LogP contribution in [0.3, 0.4) is 0 Å². The van der Waals surface area contributed by atoms with Gasteiger partial charge in [-0.3, -0.25) is 10.1 Å².